The zero-order valence-electron chi connectivity index (χ0n) is 18.7. The summed E-state index contributed by atoms with van der Waals surface area (Å²) < 4.78 is 37.0. The summed E-state index contributed by atoms with van der Waals surface area (Å²) in [5, 5.41) is 6.31. The first-order valence-electron chi connectivity index (χ1n) is 10.5. The van der Waals surface area contributed by atoms with Gasteiger partial charge in [0, 0.05) is 18.1 Å². The molecule has 35 heavy (non-hydrogen) atoms. The van der Waals surface area contributed by atoms with Gasteiger partial charge in [0.1, 0.15) is 9.96 Å². The largest absolute Gasteiger partial charge is 0.482 e. The molecule has 0 bridgehead atoms. The third-order valence-corrected chi connectivity index (χ3v) is 8.25. The van der Waals surface area contributed by atoms with E-state index in [1.54, 1.807) is 47.8 Å². The van der Waals surface area contributed by atoms with E-state index < -0.39 is 35.1 Å². The molecule has 0 aliphatic rings. The Hall–Kier alpha value is -3.89. The average Bonchev–Trinajstić information content (AvgIpc) is 3.42. The number of fused-ring (bicyclic) bond motifs is 1. The Morgan fingerprint density at radius 2 is 1.66 bits per heavy atom. The minimum Gasteiger partial charge on any atom is -0.482 e. The van der Waals surface area contributed by atoms with Crippen LogP contribution in [0, 0.1) is 0 Å². The molecule has 1 aromatic heterocycles. The number of esters is 1. The molecule has 0 aliphatic carbocycles. The lowest BCUT2D eigenvalue weighted by atomic mass is 10.1. The Labute approximate surface area is 206 Å². The van der Waals surface area contributed by atoms with Crippen molar-refractivity contribution in [1.82, 2.24) is 0 Å². The summed E-state index contributed by atoms with van der Waals surface area (Å²) >= 11 is 1.14. The lowest BCUT2D eigenvalue weighted by Crippen LogP contribution is -2.25. The second kappa shape index (κ2) is 10.6. The Morgan fingerprint density at radius 1 is 0.914 bits per heavy atom. The molecule has 0 spiro atoms. The maximum Gasteiger partial charge on any atom is 0.344 e. The number of amides is 1. The van der Waals surface area contributed by atoms with E-state index in [1.807, 2.05) is 36.4 Å². The summed E-state index contributed by atoms with van der Waals surface area (Å²) in [4.78, 5) is 24.2. The molecule has 8 nitrogen and oxygen atoms in total. The second-order valence-electron chi connectivity index (χ2n) is 7.42. The SMILES string of the molecule is CN(c1ccc(OCC(=O)OCC(=O)Nc2cccc3ccccc23)cc1)S(=O)(=O)c1cccs1. The number of hydrogen-bond acceptors (Lipinski definition) is 7. The van der Waals surface area contributed by atoms with Crippen LogP contribution < -0.4 is 14.4 Å². The topological polar surface area (TPSA) is 102 Å². The van der Waals surface area contributed by atoms with Crippen molar-refractivity contribution in [3.05, 3.63) is 84.2 Å². The Balaban J connectivity index is 1.26. The van der Waals surface area contributed by atoms with Crippen LogP contribution in [-0.4, -0.2) is 40.6 Å². The fraction of sp³-hybridized carbons (Fsp3) is 0.120. The van der Waals surface area contributed by atoms with Gasteiger partial charge in [0.05, 0.1) is 5.69 Å². The van der Waals surface area contributed by atoms with Crippen molar-refractivity contribution < 1.29 is 27.5 Å². The zero-order chi connectivity index (χ0) is 24.8. The second-order valence-corrected chi connectivity index (χ2v) is 10.6. The number of ether oxygens (including phenoxy) is 2. The highest BCUT2D eigenvalue weighted by molar-refractivity contribution is 7.94. The van der Waals surface area contributed by atoms with E-state index in [9.17, 15) is 18.0 Å². The molecule has 1 heterocycles. The zero-order valence-corrected chi connectivity index (χ0v) is 20.3. The number of hydrogen-bond donors (Lipinski definition) is 1. The monoisotopic (exact) mass is 510 g/mol. The third kappa shape index (κ3) is 5.79. The van der Waals surface area contributed by atoms with Crippen LogP contribution in [0.3, 0.4) is 0 Å². The van der Waals surface area contributed by atoms with E-state index in [2.05, 4.69) is 5.32 Å². The number of sulfonamides is 1. The molecule has 4 rings (SSSR count). The predicted octanol–water partition coefficient (Wildman–Crippen LogP) is 4.29. The van der Waals surface area contributed by atoms with Gasteiger partial charge in [-0.1, -0.05) is 42.5 Å². The van der Waals surface area contributed by atoms with Gasteiger partial charge in [-0.25, -0.2) is 13.2 Å². The number of benzene rings is 3. The molecule has 0 aliphatic heterocycles. The smallest absolute Gasteiger partial charge is 0.344 e. The summed E-state index contributed by atoms with van der Waals surface area (Å²) in [6, 6.07) is 22.6. The highest BCUT2D eigenvalue weighted by atomic mass is 32.2. The first kappa shape index (κ1) is 24.2. The first-order valence-corrected chi connectivity index (χ1v) is 12.8. The number of nitrogens with zero attached hydrogens (tertiary/aromatic N) is 1. The molecule has 10 heteroatoms. The number of thiophene rings is 1. The molecule has 0 unspecified atom stereocenters. The highest BCUT2D eigenvalue weighted by Gasteiger charge is 2.22. The third-order valence-electron chi connectivity index (χ3n) is 5.09. The van der Waals surface area contributed by atoms with Crippen molar-refractivity contribution in [2.45, 2.75) is 4.21 Å². The number of nitrogens with one attached hydrogen (secondary N) is 1. The Kier molecular flexibility index (Phi) is 7.33. The van der Waals surface area contributed by atoms with Crippen LogP contribution in [0.4, 0.5) is 11.4 Å². The van der Waals surface area contributed by atoms with Gasteiger partial charge in [0.15, 0.2) is 13.2 Å². The van der Waals surface area contributed by atoms with Crippen molar-refractivity contribution in [2.75, 3.05) is 29.9 Å². The molecular formula is C25H22N2O6S2. The van der Waals surface area contributed by atoms with Crippen LogP contribution in [-0.2, 0) is 24.3 Å². The first-order chi connectivity index (χ1) is 16.8. The molecule has 1 amide bonds. The summed E-state index contributed by atoms with van der Waals surface area (Å²) in [5.41, 5.74) is 1.07. The minimum atomic E-state index is -3.64. The van der Waals surface area contributed by atoms with Crippen LogP contribution in [0.25, 0.3) is 10.8 Å². The van der Waals surface area contributed by atoms with Gasteiger partial charge in [-0.2, -0.15) is 0 Å². The molecule has 0 atom stereocenters. The summed E-state index contributed by atoms with van der Waals surface area (Å²) in [5.74, 6) is -0.818. The van der Waals surface area contributed by atoms with Crippen LogP contribution in [0.2, 0.25) is 0 Å². The molecule has 0 saturated carbocycles. The molecule has 180 valence electrons. The molecule has 0 saturated heterocycles. The normalized spacial score (nSPS) is 11.1. The van der Waals surface area contributed by atoms with E-state index in [0.717, 1.165) is 22.1 Å². The van der Waals surface area contributed by atoms with Crippen LogP contribution in [0.1, 0.15) is 0 Å². The number of rotatable bonds is 9. The van der Waals surface area contributed by atoms with Gasteiger partial charge in [-0.15, -0.1) is 11.3 Å². The summed E-state index contributed by atoms with van der Waals surface area (Å²) in [6.07, 6.45) is 0. The summed E-state index contributed by atoms with van der Waals surface area (Å²) in [6.45, 7) is -0.847. The van der Waals surface area contributed by atoms with Gasteiger partial charge in [-0.3, -0.25) is 9.10 Å². The van der Waals surface area contributed by atoms with Gasteiger partial charge in [-0.05, 0) is 47.2 Å². The lowest BCUT2D eigenvalue weighted by molar-refractivity contribution is -0.149. The van der Waals surface area contributed by atoms with E-state index in [0.29, 0.717) is 17.1 Å². The van der Waals surface area contributed by atoms with Crippen LogP contribution in [0.5, 0.6) is 5.75 Å². The average molecular weight is 511 g/mol. The van der Waals surface area contributed by atoms with Gasteiger partial charge < -0.3 is 14.8 Å². The molecule has 0 radical (unpaired) electrons. The molecule has 0 fully saturated rings. The number of carbonyl (C=O) groups excluding carboxylic acids is 2. The number of anilines is 2. The fourth-order valence-electron chi connectivity index (χ4n) is 3.29. The minimum absolute atomic E-state index is 0.243. The van der Waals surface area contributed by atoms with Crippen LogP contribution in [0.15, 0.2) is 88.5 Å². The van der Waals surface area contributed by atoms with E-state index in [1.165, 1.54) is 11.4 Å². The van der Waals surface area contributed by atoms with Crippen molar-refractivity contribution in [3.63, 3.8) is 0 Å². The fourth-order valence-corrected chi connectivity index (χ4v) is 5.64. The van der Waals surface area contributed by atoms with Gasteiger partial charge in [0.25, 0.3) is 15.9 Å². The van der Waals surface area contributed by atoms with E-state index >= 15 is 0 Å². The quantitative estimate of drug-likeness (QED) is 0.337. The molecule has 3 aromatic carbocycles. The summed E-state index contributed by atoms with van der Waals surface area (Å²) in [7, 11) is -2.17. The van der Waals surface area contributed by atoms with Crippen LogP contribution >= 0.6 is 11.3 Å². The van der Waals surface area contributed by atoms with Crippen molar-refractivity contribution in [2.24, 2.45) is 0 Å². The van der Waals surface area contributed by atoms with E-state index in [4.69, 9.17) is 9.47 Å². The highest BCUT2D eigenvalue weighted by Crippen LogP contribution is 2.26. The predicted molar refractivity (Wildman–Crippen MR) is 135 cm³/mol. The van der Waals surface area contributed by atoms with Crippen molar-refractivity contribution >= 4 is 55.4 Å². The van der Waals surface area contributed by atoms with E-state index in [-0.39, 0.29) is 4.21 Å². The van der Waals surface area contributed by atoms with Crippen molar-refractivity contribution in [1.29, 1.82) is 0 Å². The maximum atomic E-state index is 12.6. The van der Waals surface area contributed by atoms with Crippen molar-refractivity contribution in [3.8, 4) is 5.75 Å². The Morgan fingerprint density at radius 3 is 2.40 bits per heavy atom. The molecule has 1 N–H and O–H groups in total. The maximum absolute atomic E-state index is 12.6. The Bertz CT molecular complexity index is 1430. The standard InChI is InChI=1S/C25H22N2O6S2/c1-27(35(30,31)25-10-5-15-34-25)19-11-13-20(14-12-19)32-17-24(29)33-16-23(28)26-22-9-4-7-18-6-2-3-8-21(18)22/h2-15H,16-17H2,1H3,(H,26,28). The van der Waals surface area contributed by atoms with Gasteiger partial charge in [0.2, 0.25) is 0 Å². The molecular weight excluding hydrogens is 488 g/mol. The molecule has 4 aromatic rings. The lowest BCUT2D eigenvalue weighted by Gasteiger charge is -2.18. The number of carbonyl (C=O) groups is 2. The van der Waals surface area contributed by atoms with Gasteiger partial charge >= 0.3 is 5.97 Å².